The second-order valence-corrected chi connectivity index (χ2v) is 10.9. The molecule has 3 aliphatic rings. The van der Waals surface area contributed by atoms with Crippen LogP contribution in [0.3, 0.4) is 0 Å². The van der Waals surface area contributed by atoms with Crippen LogP contribution in [-0.2, 0) is 11.3 Å². The Kier molecular flexibility index (Phi) is 6.95. The molecular weight excluding hydrogens is 489 g/mol. The number of halogens is 1. The Labute approximate surface area is 221 Å². The second kappa shape index (κ2) is 10.2. The van der Waals surface area contributed by atoms with E-state index >= 15 is 4.39 Å². The largest absolute Gasteiger partial charge is 0.392 e. The van der Waals surface area contributed by atoms with Crippen LogP contribution >= 0.6 is 0 Å². The maximum atomic E-state index is 15.4. The highest BCUT2D eigenvalue weighted by atomic mass is 19.1. The van der Waals surface area contributed by atoms with E-state index in [-0.39, 0.29) is 52.8 Å². The maximum absolute atomic E-state index is 15.4. The molecule has 2 saturated heterocycles. The Balaban J connectivity index is 1.36. The molecule has 0 aliphatic carbocycles. The fourth-order valence-electron chi connectivity index (χ4n) is 5.42. The number of carbonyl (C=O) groups excluding carboxylic acids is 2. The Hall–Kier alpha value is -3.73. The highest BCUT2D eigenvalue weighted by Crippen LogP contribution is 2.34. The van der Waals surface area contributed by atoms with E-state index in [9.17, 15) is 14.7 Å². The van der Waals surface area contributed by atoms with Crippen LogP contribution in [0.4, 0.5) is 27.5 Å². The highest BCUT2D eigenvalue weighted by Gasteiger charge is 2.35. The standard InChI is InChI=1S/C27H34FN7O3/c1-4-21(37)34-10-5-6-16(14-34)31-25-23(28)18-13-30-26(38)22(18)24(33-25)32-20-8-7-17(12-29-20)35-11-9-19(36)27(2,3)15-35/h4,7-8,12,16,19,36H,1,5-6,9-11,13-15H2,2-3H3,(H,30,38)(H2,29,31,32,33). The first-order chi connectivity index (χ1) is 18.2. The number of fused-ring (bicyclic) bond motifs is 1. The number of aromatic nitrogens is 2. The van der Waals surface area contributed by atoms with E-state index < -0.39 is 11.7 Å². The number of amides is 2. The zero-order valence-electron chi connectivity index (χ0n) is 21.8. The summed E-state index contributed by atoms with van der Waals surface area (Å²) in [5.74, 6) is -0.407. The van der Waals surface area contributed by atoms with Crippen LogP contribution in [0.5, 0.6) is 0 Å². The number of aliphatic hydroxyl groups is 1. The molecule has 2 unspecified atom stereocenters. The summed E-state index contributed by atoms with van der Waals surface area (Å²) in [5, 5.41) is 19.2. The van der Waals surface area contributed by atoms with Gasteiger partial charge in [-0.1, -0.05) is 20.4 Å². The second-order valence-electron chi connectivity index (χ2n) is 10.9. The van der Waals surface area contributed by atoms with Gasteiger partial charge in [0.1, 0.15) is 11.6 Å². The first-order valence-electron chi connectivity index (χ1n) is 13.0. The fraction of sp³-hybridized carbons (Fsp3) is 0.481. The van der Waals surface area contributed by atoms with Crippen molar-refractivity contribution in [3.8, 4) is 0 Å². The number of aliphatic hydroxyl groups excluding tert-OH is 1. The minimum Gasteiger partial charge on any atom is -0.392 e. The lowest BCUT2D eigenvalue weighted by molar-refractivity contribution is -0.127. The Morgan fingerprint density at radius 2 is 2.11 bits per heavy atom. The van der Waals surface area contributed by atoms with Crippen molar-refractivity contribution < 1.29 is 19.1 Å². The van der Waals surface area contributed by atoms with Gasteiger partial charge in [0, 0.05) is 49.7 Å². The summed E-state index contributed by atoms with van der Waals surface area (Å²) in [6, 6.07) is 3.54. The topological polar surface area (TPSA) is 123 Å². The molecular formula is C27H34FN7O3. The van der Waals surface area contributed by atoms with Gasteiger partial charge in [-0.05, 0) is 37.5 Å². The molecule has 11 heteroatoms. The molecule has 2 atom stereocenters. The maximum Gasteiger partial charge on any atom is 0.255 e. The first-order valence-corrected chi connectivity index (χ1v) is 13.0. The van der Waals surface area contributed by atoms with Crippen LogP contribution in [0.1, 0.15) is 49.0 Å². The predicted octanol–water partition coefficient (Wildman–Crippen LogP) is 2.79. The Morgan fingerprint density at radius 1 is 1.29 bits per heavy atom. The van der Waals surface area contributed by atoms with Gasteiger partial charge in [-0.3, -0.25) is 9.59 Å². The van der Waals surface area contributed by atoms with E-state index in [1.165, 1.54) is 6.08 Å². The van der Waals surface area contributed by atoms with Crippen molar-refractivity contribution in [3.05, 3.63) is 47.9 Å². The number of pyridine rings is 2. The van der Waals surface area contributed by atoms with Crippen LogP contribution < -0.4 is 20.9 Å². The van der Waals surface area contributed by atoms with Gasteiger partial charge in [-0.25, -0.2) is 14.4 Å². The third-order valence-corrected chi connectivity index (χ3v) is 7.67. The van der Waals surface area contributed by atoms with Gasteiger partial charge in [0.25, 0.3) is 5.91 Å². The number of hydrogen-bond acceptors (Lipinski definition) is 8. The third kappa shape index (κ3) is 5.02. The number of carbonyl (C=O) groups is 2. The molecule has 202 valence electrons. The van der Waals surface area contributed by atoms with Crippen molar-refractivity contribution in [2.24, 2.45) is 5.41 Å². The molecule has 2 aromatic rings. The molecule has 3 aliphatic heterocycles. The number of nitrogens with one attached hydrogen (secondary N) is 3. The van der Waals surface area contributed by atoms with Crippen LogP contribution in [0.15, 0.2) is 31.0 Å². The third-order valence-electron chi connectivity index (χ3n) is 7.67. The number of anilines is 4. The summed E-state index contributed by atoms with van der Waals surface area (Å²) in [6.45, 7) is 10.2. The van der Waals surface area contributed by atoms with Crippen molar-refractivity contribution in [3.63, 3.8) is 0 Å². The normalized spacial score (nSPS) is 22.5. The molecule has 2 aromatic heterocycles. The average molecular weight is 524 g/mol. The van der Waals surface area contributed by atoms with Crippen molar-refractivity contribution in [2.45, 2.75) is 51.8 Å². The minimum atomic E-state index is -0.575. The van der Waals surface area contributed by atoms with Gasteiger partial charge in [-0.2, -0.15) is 0 Å². The summed E-state index contributed by atoms with van der Waals surface area (Å²) in [4.78, 5) is 37.5. The predicted molar refractivity (Wildman–Crippen MR) is 143 cm³/mol. The van der Waals surface area contributed by atoms with Gasteiger partial charge in [0.2, 0.25) is 5.91 Å². The number of nitrogens with zero attached hydrogens (tertiary/aromatic N) is 4. The number of rotatable bonds is 6. The van der Waals surface area contributed by atoms with Gasteiger partial charge < -0.3 is 30.9 Å². The molecule has 0 saturated carbocycles. The molecule has 0 spiro atoms. The van der Waals surface area contributed by atoms with E-state index in [2.05, 4.69) is 37.4 Å². The summed E-state index contributed by atoms with van der Waals surface area (Å²) in [7, 11) is 0. The van der Waals surface area contributed by atoms with E-state index in [4.69, 9.17) is 0 Å². The zero-order chi connectivity index (χ0) is 27.0. The SMILES string of the molecule is C=CC(=O)N1CCCC(Nc2nc(Nc3ccc(N4CCC(O)C(C)(C)C4)cn3)c3c(c2F)CNC3=O)C1. The lowest BCUT2D eigenvalue weighted by atomic mass is 9.81. The Morgan fingerprint density at radius 3 is 2.82 bits per heavy atom. The summed E-state index contributed by atoms with van der Waals surface area (Å²) < 4.78 is 15.4. The van der Waals surface area contributed by atoms with Gasteiger partial charge in [0.15, 0.2) is 11.6 Å². The van der Waals surface area contributed by atoms with Crippen LogP contribution in [0.25, 0.3) is 0 Å². The van der Waals surface area contributed by atoms with Crippen LogP contribution in [0.2, 0.25) is 0 Å². The van der Waals surface area contributed by atoms with Gasteiger partial charge >= 0.3 is 0 Å². The van der Waals surface area contributed by atoms with E-state index in [0.717, 1.165) is 25.1 Å². The lowest BCUT2D eigenvalue weighted by Gasteiger charge is -2.42. The monoisotopic (exact) mass is 523 g/mol. The average Bonchev–Trinajstić information content (AvgIpc) is 3.30. The number of likely N-dealkylation sites (tertiary alicyclic amines) is 1. The first kappa shape index (κ1) is 25.9. The quantitative estimate of drug-likeness (QED) is 0.427. The van der Waals surface area contributed by atoms with Crippen LogP contribution in [0, 0.1) is 11.2 Å². The van der Waals surface area contributed by atoms with Crippen molar-refractivity contribution in [1.82, 2.24) is 20.2 Å². The fourth-order valence-corrected chi connectivity index (χ4v) is 5.42. The minimum absolute atomic E-state index is 0.0337. The molecule has 5 rings (SSSR count). The molecule has 4 N–H and O–H groups in total. The molecule has 0 radical (unpaired) electrons. The molecule has 5 heterocycles. The molecule has 0 bridgehead atoms. The van der Waals surface area contributed by atoms with Crippen LogP contribution in [-0.4, -0.2) is 70.1 Å². The molecule has 38 heavy (non-hydrogen) atoms. The number of hydrogen-bond donors (Lipinski definition) is 4. The zero-order valence-corrected chi connectivity index (χ0v) is 21.8. The van der Waals surface area contributed by atoms with Crippen molar-refractivity contribution in [2.75, 3.05) is 41.7 Å². The number of piperidine rings is 2. The van der Waals surface area contributed by atoms with E-state index in [0.29, 0.717) is 31.9 Å². The van der Waals surface area contributed by atoms with E-state index in [1.807, 2.05) is 19.9 Å². The lowest BCUT2D eigenvalue weighted by Crippen LogP contribution is -2.48. The van der Waals surface area contributed by atoms with Crippen molar-refractivity contribution >= 4 is 35.0 Å². The van der Waals surface area contributed by atoms with Crippen molar-refractivity contribution in [1.29, 1.82) is 0 Å². The van der Waals surface area contributed by atoms with E-state index in [1.54, 1.807) is 17.2 Å². The Bertz CT molecular complexity index is 1250. The highest BCUT2D eigenvalue weighted by molar-refractivity contribution is 6.03. The molecule has 2 fully saturated rings. The smallest absolute Gasteiger partial charge is 0.255 e. The molecule has 10 nitrogen and oxygen atoms in total. The molecule has 2 amide bonds. The van der Waals surface area contributed by atoms with Gasteiger partial charge in [0.05, 0.1) is 23.6 Å². The summed E-state index contributed by atoms with van der Waals surface area (Å²) in [6.07, 6.45) is 4.90. The van der Waals surface area contributed by atoms with Gasteiger partial charge in [-0.15, -0.1) is 0 Å². The summed E-state index contributed by atoms with van der Waals surface area (Å²) >= 11 is 0. The molecule has 0 aromatic carbocycles. The summed E-state index contributed by atoms with van der Waals surface area (Å²) in [5.41, 5.74) is 1.12.